The van der Waals surface area contributed by atoms with Crippen LogP contribution >= 0.6 is 24.8 Å². The number of aromatic nitrogens is 4. The third-order valence-electron chi connectivity index (χ3n) is 4.56. The first kappa shape index (κ1) is 22.2. The number of nitrogens with zero attached hydrogens (tertiary/aromatic N) is 4. The van der Waals surface area contributed by atoms with Crippen LogP contribution in [0, 0.1) is 6.92 Å². The summed E-state index contributed by atoms with van der Waals surface area (Å²) in [6.45, 7) is 5.64. The van der Waals surface area contributed by atoms with Gasteiger partial charge in [-0.25, -0.2) is 9.97 Å². The molecule has 0 saturated carbocycles. The number of halogens is 2. The Morgan fingerprint density at radius 1 is 1.18 bits per heavy atom. The van der Waals surface area contributed by atoms with Crippen LogP contribution in [0.1, 0.15) is 23.4 Å². The highest BCUT2D eigenvalue weighted by Gasteiger charge is 2.18. The standard InChI is InChI=1S/C19H24N6O.2ClH/c1-14-7-12-25(24-14)11-3-8-21-18-15-5-9-20-10-6-16(15)22-19(23-18)17-4-2-13-26-17;;/h2,4,7,12-13,20H,3,5-6,8-11H2,1H3,(H,21,22,23);2*1H. The largest absolute Gasteiger partial charge is 0.461 e. The average molecular weight is 425 g/mol. The Morgan fingerprint density at radius 2 is 2.04 bits per heavy atom. The molecule has 3 aromatic heterocycles. The van der Waals surface area contributed by atoms with Gasteiger partial charge in [0.15, 0.2) is 11.6 Å². The molecule has 3 aromatic rings. The SMILES string of the molecule is Cc1ccn(CCCNc2nc(-c3ccco3)nc3c2CCNCC3)n1.Cl.Cl. The van der Waals surface area contributed by atoms with Crippen molar-refractivity contribution in [2.75, 3.05) is 25.0 Å². The Morgan fingerprint density at radius 3 is 2.79 bits per heavy atom. The molecule has 4 rings (SSSR count). The molecule has 0 spiro atoms. The van der Waals surface area contributed by atoms with Crippen molar-refractivity contribution in [1.29, 1.82) is 0 Å². The molecule has 0 unspecified atom stereocenters. The Bertz CT molecular complexity index is 865. The molecule has 0 aromatic carbocycles. The normalized spacial score (nSPS) is 13.0. The topological polar surface area (TPSA) is 80.8 Å². The lowest BCUT2D eigenvalue weighted by molar-refractivity contribution is 0.576. The van der Waals surface area contributed by atoms with Crippen LogP contribution in [-0.4, -0.2) is 39.4 Å². The number of aryl methyl sites for hydroxylation is 2. The minimum Gasteiger partial charge on any atom is -0.461 e. The summed E-state index contributed by atoms with van der Waals surface area (Å²) in [6, 6.07) is 5.80. The van der Waals surface area contributed by atoms with Crippen LogP contribution in [0.3, 0.4) is 0 Å². The van der Waals surface area contributed by atoms with E-state index in [2.05, 4.69) is 15.7 Å². The fourth-order valence-electron chi connectivity index (χ4n) is 3.24. The minimum atomic E-state index is 0. The molecule has 7 nitrogen and oxygen atoms in total. The second kappa shape index (κ2) is 10.5. The van der Waals surface area contributed by atoms with Crippen molar-refractivity contribution >= 4 is 30.6 Å². The average Bonchev–Trinajstić information content (AvgIpc) is 3.26. The van der Waals surface area contributed by atoms with Gasteiger partial charge in [0.1, 0.15) is 5.82 Å². The van der Waals surface area contributed by atoms with Crippen LogP contribution < -0.4 is 10.6 Å². The molecule has 0 saturated heterocycles. The summed E-state index contributed by atoms with van der Waals surface area (Å²) in [5.41, 5.74) is 3.39. The van der Waals surface area contributed by atoms with Crippen molar-refractivity contribution in [3.8, 4) is 11.6 Å². The zero-order valence-corrected chi connectivity index (χ0v) is 17.5. The maximum Gasteiger partial charge on any atom is 0.197 e. The Hall–Kier alpha value is -2.09. The lowest BCUT2D eigenvalue weighted by Gasteiger charge is -2.14. The third kappa shape index (κ3) is 5.25. The molecule has 0 bridgehead atoms. The number of nitrogens with one attached hydrogen (secondary N) is 2. The van der Waals surface area contributed by atoms with Crippen LogP contribution in [0.15, 0.2) is 35.1 Å². The van der Waals surface area contributed by atoms with Gasteiger partial charge in [0.2, 0.25) is 0 Å². The Labute approximate surface area is 177 Å². The number of furan rings is 1. The molecule has 1 aliphatic heterocycles. The molecule has 0 fully saturated rings. The van der Waals surface area contributed by atoms with Gasteiger partial charge in [-0.15, -0.1) is 24.8 Å². The molecular weight excluding hydrogens is 399 g/mol. The number of fused-ring (bicyclic) bond motifs is 1. The summed E-state index contributed by atoms with van der Waals surface area (Å²) in [5.74, 6) is 2.29. The summed E-state index contributed by atoms with van der Waals surface area (Å²) in [6.07, 6.45) is 6.51. The fourth-order valence-corrected chi connectivity index (χ4v) is 3.24. The monoisotopic (exact) mass is 424 g/mol. The molecule has 152 valence electrons. The van der Waals surface area contributed by atoms with Crippen molar-refractivity contribution in [3.63, 3.8) is 0 Å². The third-order valence-corrected chi connectivity index (χ3v) is 4.56. The van der Waals surface area contributed by atoms with E-state index in [1.807, 2.05) is 36.0 Å². The number of rotatable bonds is 6. The van der Waals surface area contributed by atoms with Gasteiger partial charge in [0.05, 0.1) is 17.7 Å². The minimum absolute atomic E-state index is 0. The van der Waals surface area contributed by atoms with Crippen molar-refractivity contribution in [1.82, 2.24) is 25.1 Å². The molecule has 2 N–H and O–H groups in total. The number of hydrogen-bond donors (Lipinski definition) is 2. The molecule has 0 aliphatic carbocycles. The zero-order valence-electron chi connectivity index (χ0n) is 15.9. The summed E-state index contributed by atoms with van der Waals surface area (Å²) >= 11 is 0. The van der Waals surface area contributed by atoms with E-state index in [-0.39, 0.29) is 24.8 Å². The van der Waals surface area contributed by atoms with Crippen LogP contribution in [0.5, 0.6) is 0 Å². The highest BCUT2D eigenvalue weighted by Crippen LogP contribution is 2.24. The van der Waals surface area contributed by atoms with Gasteiger partial charge in [0.25, 0.3) is 0 Å². The number of anilines is 1. The first-order valence-electron chi connectivity index (χ1n) is 9.18. The molecule has 0 atom stereocenters. The maximum absolute atomic E-state index is 5.50. The second-order valence-corrected chi connectivity index (χ2v) is 6.55. The lowest BCUT2D eigenvalue weighted by Crippen LogP contribution is -2.16. The predicted octanol–water partition coefficient (Wildman–Crippen LogP) is 3.28. The van der Waals surface area contributed by atoms with Crippen molar-refractivity contribution in [2.24, 2.45) is 0 Å². The van der Waals surface area contributed by atoms with E-state index in [4.69, 9.17) is 14.4 Å². The molecule has 28 heavy (non-hydrogen) atoms. The summed E-state index contributed by atoms with van der Waals surface area (Å²) in [4.78, 5) is 9.51. The zero-order chi connectivity index (χ0) is 17.8. The van der Waals surface area contributed by atoms with E-state index in [1.165, 1.54) is 5.56 Å². The molecule has 0 radical (unpaired) electrons. The Balaban J connectivity index is 0.00000140. The van der Waals surface area contributed by atoms with E-state index in [9.17, 15) is 0 Å². The number of hydrogen-bond acceptors (Lipinski definition) is 6. The lowest BCUT2D eigenvalue weighted by atomic mass is 10.1. The van der Waals surface area contributed by atoms with Gasteiger partial charge < -0.3 is 15.1 Å². The van der Waals surface area contributed by atoms with Crippen molar-refractivity contribution < 1.29 is 4.42 Å². The summed E-state index contributed by atoms with van der Waals surface area (Å²) in [7, 11) is 0. The van der Waals surface area contributed by atoms with Gasteiger partial charge >= 0.3 is 0 Å². The molecule has 1 aliphatic rings. The quantitative estimate of drug-likeness (QED) is 0.590. The van der Waals surface area contributed by atoms with Gasteiger partial charge in [-0.2, -0.15) is 5.10 Å². The van der Waals surface area contributed by atoms with Crippen molar-refractivity contribution in [2.45, 2.75) is 32.7 Å². The van der Waals surface area contributed by atoms with Crippen LogP contribution in [0.4, 0.5) is 5.82 Å². The molecule has 4 heterocycles. The Kier molecular flexibility index (Phi) is 8.29. The summed E-state index contributed by atoms with van der Waals surface area (Å²) < 4.78 is 7.48. The van der Waals surface area contributed by atoms with Crippen LogP contribution in [0.2, 0.25) is 0 Å². The van der Waals surface area contributed by atoms with Crippen molar-refractivity contribution in [3.05, 3.63) is 47.6 Å². The molecular formula is C19H26Cl2N6O. The maximum atomic E-state index is 5.50. The van der Waals surface area contributed by atoms with Crippen LogP contribution in [0.25, 0.3) is 11.6 Å². The highest BCUT2D eigenvalue weighted by molar-refractivity contribution is 5.85. The second-order valence-electron chi connectivity index (χ2n) is 6.55. The first-order valence-corrected chi connectivity index (χ1v) is 9.18. The highest BCUT2D eigenvalue weighted by atomic mass is 35.5. The molecule has 0 amide bonds. The predicted molar refractivity (Wildman–Crippen MR) is 115 cm³/mol. The van der Waals surface area contributed by atoms with E-state index in [0.717, 1.165) is 62.6 Å². The van der Waals surface area contributed by atoms with Gasteiger partial charge in [-0.1, -0.05) is 0 Å². The van der Waals surface area contributed by atoms with E-state index >= 15 is 0 Å². The van der Waals surface area contributed by atoms with E-state index < -0.39 is 0 Å². The van der Waals surface area contributed by atoms with Crippen LogP contribution in [-0.2, 0) is 19.4 Å². The first-order chi connectivity index (χ1) is 12.8. The van der Waals surface area contributed by atoms with E-state index in [0.29, 0.717) is 11.6 Å². The van der Waals surface area contributed by atoms with Gasteiger partial charge in [-0.3, -0.25) is 4.68 Å². The summed E-state index contributed by atoms with van der Waals surface area (Å²) in [5, 5.41) is 11.4. The van der Waals surface area contributed by atoms with Gasteiger partial charge in [0, 0.05) is 37.8 Å². The van der Waals surface area contributed by atoms with Gasteiger partial charge in [-0.05, 0) is 44.5 Å². The molecule has 9 heteroatoms. The fraction of sp³-hybridized carbons (Fsp3) is 0.421. The van der Waals surface area contributed by atoms with E-state index in [1.54, 1.807) is 6.26 Å². The smallest absolute Gasteiger partial charge is 0.197 e.